The predicted molar refractivity (Wildman–Crippen MR) is 131 cm³/mol. The zero-order chi connectivity index (χ0) is 22.5. The van der Waals surface area contributed by atoms with Crippen LogP contribution in [-0.4, -0.2) is 31.4 Å². The third-order valence-corrected chi connectivity index (χ3v) is 6.96. The van der Waals surface area contributed by atoms with Crippen LogP contribution in [0.15, 0.2) is 63.5 Å². The number of thiazole rings is 1. The molecule has 0 radical (unpaired) electrons. The number of amides is 1. The minimum atomic E-state index is -0.163. The highest BCUT2D eigenvalue weighted by Gasteiger charge is 2.14. The average Bonchev–Trinajstić information content (AvgIpc) is 3.39. The van der Waals surface area contributed by atoms with Crippen molar-refractivity contribution in [3.05, 3.63) is 69.2 Å². The fourth-order valence-electron chi connectivity index (χ4n) is 2.67. The summed E-state index contributed by atoms with van der Waals surface area (Å²) in [5, 5.41) is 14.7. The number of nitrogens with one attached hydrogen (secondary N) is 1. The summed E-state index contributed by atoms with van der Waals surface area (Å²) < 4.78 is 8.51. The van der Waals surface area contributed by atoms with E-state index in [2.05, 4.69) is 36.4 Å². The van der Waals surface area contributed by atoms with Crippen LogP contribution in [-0.2, 0) is 18.4 Å². The molecule has 0 saturated heterocycles. The molecular formula is C21H17BrClN5O2S2. The number of hydrogen-bond acceptors (Lipinski definition) is 7. The maximum Gasteiger partial charge on any atom is 0.236 e. The topological polar surface area (TPSA) is 81.9 Å². The SMILES string of the molecule is Cn1c(COc2ccccc2Cl)nnc1SCC(=O)Nc1nc(-c2ccc(Br)cc2)cs1. The van der Waals surface area contributed by atoms with E-state index in [1.165, 1.54) is 23.1 Å². The molecule has 164 valence electrons. The van der Waals surface area contributed by atoms with Gasteiger partial charge in [-0.1, -0.05) is 63.6 Å². The van der Waals surface area contributed by atoms with Gasteiger partial charge in [-0.05, 0) is 24.3 Å². The minimum absolute atomic E-state index is 0.163. The third kappa shape index (κ3) is 5.69. The Kier molecular flexibility index (Phi) is 7.46. The molecule has 4 aromatic rings. The predicted octanol–water partition coefficient (Wildman–Crippen LogP) is 5.66. The number of halogens is 2. The summed E-state index contributed by atoms with van der Waals surface area (Å²) in [5.74, 6) is 1.23. The van der Waals surface area contributed by atoms with Crippen molar-refractivity contribution in [3.8, 4) is 17.0 Å². The summed E-state index contributed by atoms with van der Waals surface area (Å²) in [6.45, 7) is 0.220. The van der Waals surface area contributed by atoms with Gasteiger partial charge in [0, 0.05) is 22.5 Å². The van der Waals surface area contributed by atoms with Gasteiger partial charge in [-0.3, -0.25) is 4.79 Å². The van der Waals surface area contributed by atoms with Gasteiger partial charge in [-0.2, -0.15) is 0 Å². The number of benzene rings is 2. The molecule has 2 heterocycles. The zero-order valence-electron chi connectivity index (χ0n) is 16.8. The first-order valence-electron chi connectivity index (χ1n) is 9.39. The fourth-order valence-corrected chi connectivity index (χ4v) is 4.59. The summed E-state index contributed by atoms with van der Waals surface area (Å²) in [5.41, 5.74) is 1.81. The van der Waals surface area contributed by atoms with E-state index >= 15 is 0 Å². The van der Waals surface area contributed by atoms with Crippen LogP contribution in [0.25, 0.3) is 11.3 Å². The molecule has 11 heteroatoms. The van der Waals surface area contributed by atoms with Crippen molar-refractivity contribution in [1.29, 1.82) is 0 Å². The number of aromatic nitrogens is 4. The lowest BCUT2D eigenvalue weighted by Gasteiger charge is -2.07. The molecule has 0 fully saturated rings. The van der Waals surface area contributed by atoms with Crippen molar-refractivity contribution in [3.63, 3.8) is 0 Å². The quantitative estimate of drug-likeness (QED) is 0.285. The van der Waals surface area contributed by atoms with Gasteiger partial charge in [0.15, 0.2) is 16.1 Å². The van der Waals surface area contributed by atoms with Gasteiger partial charge in [0.1, 0.15) is 12.4 Å². The smallest absolute Gasteiger partial charge is 0.236 e. The number of carbonyl (C=O) groups excluding carboxylic acids is 1. The molecular weight excluding hydrogens is 534 g/mol. The van der Waals surface area contributed by atoms with E-state index in [9.17, 15) is 4.79 Å². The van der Waals surface area contributed by atoms with Gasteiger partial charge in [0.25, 0.3) is 0 Å². The molecule has 0 bridgehead atoms. The normalized spacial score (nSPS) is 10.8. The molecule has 2 aromatic carbocycles. The second kappa shape index (κ2) is 10.5. The summed E-state index contributed by atoms with van der Waals surface area (Å²) in [4.78, 5) is 16.9. The number of rotatable bonds is 8. The van der Waals surface area contributed by atoms with E-state index in [0.29, 0.717) is 26.9 Å². The van der Waals surface area contributed by atoms with Crippen LogP contribution in [0.4, 0.5) is 5.13 Å². The Morgan fingerprint density at radius 1 is 1.22 bits per heavy atom. The number of nitrogens with zero attached hydrogens (tertiary/aromatic N) is 4. The maximum absolute atomic E-state index is 12.4. The third-order valence-electron chi connectivity index (χ3n) is 4.34. The number of para-hydroxylation sites is 1. The summed E-state index contributed by atoms with van der Waals surface area (Å²) in [7, 11) is 1.83. The van der Waals surface area contributed by atoms with Crippen molar-refractivity contribution < 1.29 is 9.53 Å². The first-order chi connectivity index (χ1) is 15.5. The molecule has 32 heavy (non-hydrogen) atoms. The monoisotopic (exact) mass is 549 g/mol. The molecule has 0 spiro atoms. The Hall–Kier alpha value is -2.40. The van der Waals surface area contributed by atoms with Crippen LogP contribution >= 0.6 is 50.6 Å². The number of carbonyl (C=O) groups is 1. The van der Waals surface area contributed by atoms with E-state index < -0.39 is 0 Å². The molecule has 0 unspecified atom stereocenters. The first-order valence-corrected chi connectivity index (χ1v) is 12.4. The number of ether oxygens (including phenoxy) is 1. The van der Waals surface area contributed by atoms with Crippen molar-refractivity contribution >= 4 is 61.7 Å². The largest absolute Gasteiger partial charge is 0.484 e. The summed E-state index contributed by atoms with van der Waals surface area (Å²) in [6, 6.07) is 15.1. The van der Waals surface area contributed by atoms with Gasteiger partial charge in [0.2, 0.25) is 5.91 Å². The van der Waals surface area contributed by atoms with Crippen molar-refractivity contribution in [2.24, 2.45) is 7.05 Å². The minimum Gasteiger partial charge on any atom is -0.484 e. The molecule has 0 aliphatic rings. The summed E-state index contributed by atoms with van der Waals surface area (Å²) in [6.07, 6.45) is 0. The lowest BCUT2D eigenvalue weighted by Crippen LogP contribution is -2.14. The first kappa shape index (κ1) is 22.8. The van der Waals surface area contributed by atoms with E-state index in [4.69, 9.17) is 16.3 Å². The molecule has 4 rings (SSSR count). The Labute approximate surface area is 206 Å². The average molecular weight is 551 g/mol. The second-order valence-electron chi connectivity index (χ2n) is 6.56. The lowest BCUT2D eigenvalue weighted by atomic mass is 10.2. The fraction of sp³-hybridized carbons (Fsp3) is 0.143. The molecule has 0 atom stereocenters. The molecule has 1 amide bonds. The van der Waals surface area contributed by atoms with Crippen LogP contribution < -0.4 is 10.1 Å². The second-order valence-corrected chi connectivity index (χ2v) is 9.68. The zero-order valence-corrected chi connectivity index (χ0v) is 20.8. The Morgan fingerprint density at radius 3 is 2.78 bits per heavy atom. The van der Waals surface area contributed by atoms with Crippen LogP contribution in [0, 0.1) is 0 Å². The Morgan fingerprint density at radius 2 is 2.00 bits per heavy atom. The lowest BCUT2D eigenvalue weighted by molar-refractivity contribution is -0.113. The number of thioether (sulfide) groups is 1. The van der Waals surface area contributed by atoms with Crippen molar-refractivity contribution in [1.82, 2.24) is 19.7 Å². The summed E-state index contributed by atoms with van der Waals surface area (Å²) >= 11 is 12.2. The molecule has 0 aliphatic heterocycles. The number of anilines is 1. The highest BCUT2D eigenvalue weighted by molar-refractivity contribution is 9.10. The van der Waals surface area contributed by atoms with E-state index in [0.717, 1.165) is 15.7 Å². The van der Waals surface area contributed by atoms with Gasteiger partial charge in [-0.15, -0.1) is 21.5 Å². The molecule has 7 nitrogen and oxygen atoms in total. The molecule has 1 N–H and O–H groups in total. The Balaban J connectivity index is 1.30. The van der Waals surface area contributed by atoms with E-state index in [1.54, 1.807) is 16.7 Å². The van der Waals surface area contributed by atoms with Crippen molar-refractivity contribution in [2.45, 2.75) is 11.8 Å². The molecule has 0 saturated carbocycles. The highest BCUT2D eigenvalue weighted by Crippen LogP contribution is 2.27. The van der Waals surface area contributed by atoms with Gasteiger partial charge in [-0.25, -0.2) is 4.98 Å². The van der Waals surface area contributed by atoms with Gasteiger partial charge < -0.3 is 14.6 Å². The van der Waals surface area contributed by atoms with Crippen LogP contribution in [0.2, 0.25) is 5.02 Å². The molecule has 2 aromatic heterocycles. The number of hydrogen-bond donors (Lipinski definition) is 1. The Bertz CT molecular complexity index is 1230. The van der Waals surface area contributed by atoms with Crippen molar-refractivity contribution in [2.75, 3.05) is 11.1 Å². The standard InChI is InChI=1S/C21H17BrClN5O2S2/c1-28-18(10-30-17-5-3-2-4-15(17)23)26-27-21(28)32-12-19(29)25-20-24-16(11-31-20)13-6-8-14(22)9-7-13/h2-9,11H,10,12H2,1H3,(H,24,25,29). The van der Waals surface area contributed by atoms with Crippen LogP contribution in [0.1, 0.15) is 5.82 Å². The maximum atomic E-state index is 12.4. The highest BCUT2D eigenvalue weighted by atomic mass is 79.9. The van der Waals surface area contributed by atoms with Crippen LogP contribution in [0.3, 0.4) is 0 Å². The van der Waals surface area contributed by atoms with E-state index in [-0.39, 0.29) is 18.3 Å². The van der Waals surface area contributed by atoms with E-state index in [1.807, 2.05) is 48.8 Å². The molecule has 0 aliphatic carbocycles. The van der Waals surface area contributed by atoms with Gasteiger partial charge >= 0.3 is 0 Å². The van der Waals surface area contributed by atoms with Crippen LogP contribution in [0.5, 0.6) is 5.75 Å². The van der Waals surface area contributed by atoms with Gasteiger partial charge in [0.05, 0.1) is 16.5 Å².